The lowest BCUT2D eigenvalue weighted by Gasteiger charge is -2.21. The monoisotopic (exact) mass is 142 g/mol. The molecule has 0 radical (unpaired) electrons. The van der Waals surface area contributed by atoms with Gasteiger partial charge in [-0.25, -0.2) is 0 Å². The zero-order valence-corrected chi connectivity index (χ0v) is 8.23. The van der Waals surface area contributed by atoms with Gasteiger partial charge >= 0.3 is 0 Å². The van der Waals surface area contributed by atoms with Crippen molar-refractivity contribution in [2.45, 2.75) is 39.0 Å². The summed E-state index contributed by atoms with van der Waals surface area (Å²) in [4.78, 5) is 0. The number of allylic oxidation sites excluding steroid dienone is 2. The molecule has 9 heavy (non-hydrogen) atoms. The van der Waals surface area contributed by atoms with Crippen LogP contribution in [0.2, 0.25) is 25.2 Å². The van der Waals surface area contributed by atoms with Crippen molar-refractivity contribution in [3.63, 3.8) is 0 Å². The van der Waals surface area contributed by atoms with Crippen LogP contribution >= 0.6 is 0 Å². The second-order valence-corrected chi connectivity index (χ2v) is 9.32. The van der Waals surface area contributed by atoms with Crippen molar-refractivity contribution in [3.05, 3.63) is 12.2 Å². The Kier molecular flexibility index (Phi) is 3.19. The predicted molar refractivity (Wildman–Crippen MR) is 47.6 cm³/mol. The molecule has 0 aliphatic carbocycles. The van der Waals surface area contributed by atoms with Gasteiger partial charge in [0.15, 0.2) is 0 Å². The van der Waals surface area contributed by atoms with Gasteiger partial charge in [-0.15, -0.1) is 0 Å². The van der Waals surface area contributed by atoms with Crippen molar-refractivity contribution >= 4 is 8.07 Å². The summed E-state index contributed by atoms with van der Waals surface area (Å²) in [6, 6.07) is 0. The van der Waals surface area contributed by atoms with Crippen LogP contribution in [0, 0.1) is 0 Å². The van der Waals surface area contributed by atoms with E-state index in [0.29, 0.717) is 0 Å². The van der Waals surface area contributed by atoms with Crippen molar-refractivity contribution in [1.82, 2.24) is 0 Å². The summed E-state index contributed by atoms with van der Waals surface area (Å²) in [5.41, 5.74) is 0.822. The molecule has 0 nitrogen and oxygen atoms in total. The minimum Gasteiger partial charge on any atom is -0.0917 e. The molecule has 54 valence electrons. The van der Waals surface area contributed by atoms with Crippen LogP contribution in [0.3, 0.4) is 0 Å². The van der Waals surface area contributed by atoms with E-state index in [-0.39, 0.29) is 0 Å². The first-order chi connectivity index (χ1) is 3.98. The Morgan fingerprint density at radius 3 is 1.78 bits per heavy atom. The average Bonchev–Trinajstić information content (AvgIpc) is 1.64. The van der Waals surface area contributed by atoms with Gasteiger partial charge in [0, 0.05) is 0 Å². The SMILES string of the molecule is C/C=C/[C@@H](C)[Si](C)(C)C. The Hall–Kier alpha value is -0.0431. The van der Waals surface area contributed by atoms with E-state index in [0.717, 1.165) is 5.54 Å². The highest BCUT2D eigenvalue weighted by Crippen LogP contribution is 2.21. The maximum absolute atomic E-state index is 2.40. The lowest BCUT2D eigenvalue weighted by Crippen LogP contribution is -2.24. The molecule has 0 aromatic rings. The van der Waals surface area contributed by atoms with Crippen LogP contribution < -0.4 is 0 Å². The molecule has 1 atom stereocenters. The molecule has 0 aromatic heterocycles. The largest absolute Gasteiger partial charge is 0.0917 e. The zero-order valence-electron chi connectivity index (χ0n) is 7.23. The highest BCUT2D eigenvalue weighted by molar-refractivity contribution is 6.77. The van der Waals surface area contributed by atoms with E-state index in [2.05, 4.69) is 45.6 Å². The lowest BCUT2D eigenvalue weighted by atomic mass is 10.4. The minimum atomic E-state index is -0.868. The molecule has 0 fully saturated rings. The topological polar surface area (TPSA) is 0 Å². The summed E-state index contributed by atoms with van der Waals surface area (Å²) in [7, 11) is -0.868. The second-order valence-electron chi connectivity index (χ2n) is 3.68. The third-order valence-corrected chi connectivity index (χ3v) is 4.77. The molecule has 0 aliphatic rings. The van der Waals surface area contributed by atoms with Crippen LogP contribution in [0.5, 0.6) is 0 Å². The molecular weight excluding hydrogens is 124 g/mol. The molecule has 0 bridgehead atoms. The fourth-order valence-electron chi connectivity index (χ4n) is 0.577. The first-order valence-corrected chi connectivity index (χ1v) is 7.19. The summed E-state index contributed by atoms with van der Waals surface area (Å²) in [5.74, 6) is 0. The maximum Gasteiger partial charge on any atom is 0.0510 e. The quantitative estimate of drug-likeness (QED) is 0.410. The Bertz CT molecular complexity index is 97.6. The fourth-order valence-corrected chi connectivity index (χ4v) is 1.35. The molecule has 1 heteroatoms. The normalized spacial score (nSPS) is 16.6. The van der Waals surface area contributed by atoms with E-state index in [4.69, 9.17) is 0 Å². The molecule has 0 aromatic carbocycles. The third kappa shape index (κ3) is 3.52. The van der Waals surface area contributed by atoms with E-state index in [1.165, 1.54) is 0 Å². The lowest BCUT2D eigenvalue weighted by molar-refractivity contribution is 1.12. The van der Waals surface area contributed by atoms with E-state index in [1.54, 1.807) is 0 Å². The number of hydrogen-bond donors (Lipinski definition) is 0. The molecule has 0 aliphatic heterocycles. The molecule has 0 unspecified atom stereocenters. The van der Waals surface area contributed by atoms with Crippen molar-refractivity contribution in [2.75, 3.05) is 0 Å². The van der Waals surface area contributed by atoms with Crippen molar-refractivity contribution in [1.29, 1.82) is 0 Å². The highest BCUT2D eigenvalue weighted by atomic mass is 28.3. The Labute approximate surface area is 60.0 Å². The molecule has 0 spiro atoms. The van der Waals surface area contributed by atoms with Crippen molar-refractivity contribution < 1.29 is 0 Å². The van der Waals surface area contributed by atoms with Crippen LogP contribution in [-0.4, -0.2) is 8.07 Å². The van der Waals surface area contributed by atoms with Gasteiger partial charge in [0.1, 0.15) is 0 Å². The van der Waals surface area contributed by atoms with Gasteiger partial charge in [-0.3, -0.25) is 0 Å². The first-order valence-electron chi connectivity index (χ1n) is 3.61. The van der Waals surface area contributed by atoms with Crippen LogP contribution in [0.25, 0.3) is 0 Å². The van der Waals surface area contributed by atoms with Gasteiger partial charge in [0.25, 0.3) is 0 Å². The summed E-state index contributed by atoms with van der Waals surface area (Å²) < 4.78 is 0. The van der Waals surface area contributed by atoms with Gasteiger partial charge in [-0.2, -0.15) is 0 Å². The number of rotatable bonds is 2. The van der Waals surface area contributed by atoms with Crippen molar-refractivity contribution in [3.8, 4) is 0 Å². The summed E-state index contributed by atoms with van der Waals surface area (Å²) in [6.45, 7) is 11.6. The van der Waals surface area contributed by atoms with Gasteiger partial charge in [0.2, 0.25) is 0 Å². The first kappa shape index (κ1) is 8.96. The summed E-state index contributed by atoms with van der Waals surface area (Å²) in [6.07, 6.45) is 4.47. The Morgan fingerprint density at radius 1 is 1.22 bits per heavy atom. The van der Waals surface area contributed by atoms with Gasteiger partial charge in [-0.1, -0.05) is 38.7 Å². The Morgan fingerprint density at radius 2 is 1.67 bits per heavy atom. The van der Waals surface area contributed by atoms with Crippen LogP contribution in [0.4, 0.5) is 0 Å². The second kappa shape index (κ2) is 3.21. The van der Waals surface area contributed by atoms with E-state index >= 15 is 0 Å². The maximum atomic E-state index is 2.40. The van der Waals surface area contributed by atoms with Gasteiger partial charge < -0.3 is 0 Å². The van der Waals surface area contributed by atoms with E-state index in [1.807, 2.05) is 0 Å². The molecule has 0 saturated carbocycles. The Balaban J connectivity index is 3.88. The molecule has 0 amide bonds. The number of hydrogen-bond acceptors (Lipinski definition) is 0. The third-order valence-electron chi connectivity index (χ3n) is 1.85. The molecular formula is C8H18Si. The van der Waals surface area contributed by atoms with E-state index < -0.39 is 8.07 Å². The van der Waals surface area contributed by atoms with Gasteiger partial charge in [-0.05, 0) is 12.5 Å². The van der Waals surface area contributed by atoms with Crippen LogP contribution in [0.15, 0.2) is 12.2 Å². The predicted octanol–water partition coefficient (Wildman–Crippen LogP) is 3.29. The highest BCUT2D eigenvalue weighted by Gasteiger charge is 2.18. The minimum absolute atomic E-state index is 0.822. The standard InChI is InChI=1S/C8H18Si/c1-6-7-8(2)9(3,4)5/h6-8H,1-5H3/b7-6+/t8-/m1/s1. The molecule has 0 N–H and O–H groups in total. The van der Waals surface area contributed by atoms with Crippen LogP contribution in [-0.2, 0) is 0 Å². The van der Waals surface area contributed by atoms with Crippen molar-refractivity contribution in [2.24, 2.45) is 0 Å². The molecule has 0 saturated heterocycles. The zero-order chi connectivity index (χ0) is 7.49. The van der Waals surface area contributed by atoms with Gasteiger partial charge in [0.05, 0.1) is 8.07 Å². The smallest absolute Gasteiger partial charge is 0.0510 e. The summed E-state index contributed by atoms with van der Waals surface area (Å²) in [5, 5.41) is 0. The molecule has 0 heterocycles. The summed E-state index contributed by atoms with van der Waals surface area (Å²) >= 11 is 0. The van der Waals surface area contributed by atoms with Crippen LogP contribution in [0.1, 0.15) is 13.8 Å². The van der Waals surface area contributed by atoms with E-state index in [9.17, 15) is 0 Å². The molecule has 0 rings (SSSR count). The average molecular weight is 142 g/mol. The fraction of sp³-hybridized carbons (Fsp3) is 0.750.